The SMILES string of the molecule is c1coc(CCNCCC2CSCCN2)c1. The number of thioether (sulfide) groups is 1. The van der Waals surface area contributed by atoms with Gasteiger partial charge >= 0.3 is 0 Å². The maximum atomic E-state index is 5.27. The van der Waals surface area contributed by atoms with Crippen LogP contribution in [0, 0.1) is 0 Å². The van der Waals surface area contributed by atoms with E-state index in [0.717, 1.165) is 25.3 Å². The Bertz CT molecular complexity index is 271. The molecule has 0 radical (unpaired) electrons. The van der Waals surface area contributed by atoms with E-state index in [1.165, 1.54) is 24.5 Å². The van der Waals surface area contributed by atoms with Gasteiger partial charge in [0.2, 0.25) is 0 Å². The molecule has 1 aliphatic heterocycles. The topological polar surface area (TPSA) is 37.2 Å². The normalized spacial score (nSPS) is 21.1. The van der Waals surface area contributed by atoms with E-state index >= 15 is 0 Å². The van der Waals surface area contributed by atoms with Gasteiger partial charge in [-0.15, -0.1) is 0 Å². The number of hydrogen-bond donors (Lipinski definition) is 2. The van der Waals surface area contributed by atoms with Gasteiger partial charge in [0.1, 0.15) is 5.76 Å². The summed E-state index contributed by atoms with van der Waals surface area (Å²) in [5.74, 6) is 3.60. The third-order valence-electron chi connectivity index (χ3n) is 2.80. The lowest BCUT2D eigenvalue weighted by Gasteiger charge is -2.23. The summed E-state index contributed by atoms with van der Waals surface area (Å²) in [6, 6.07) is 4.68. The van der Waals surface area contributed by atoms with Crippen molar-refractivity contribution in [3.63, 3.8) is 0 Å². The third-order valence-corrected chi connectivity index (χ3v) is 3.93. The van der Waals surface area contributed by atoms with Gasteiger partial charge in [0.05, 0.1) is 6.26 Å². The standard InChI is InChI=1S/C12H20N2OS/c1-2-12(15-8-1)4-6-13-5-3-11-10-16-9-7-14-11/h1-2,8,11,13-14H,3-7,9-10H2. The fourth-order valence-corrected chi connectivity index (χ4v) is 2.87. The van der Waals surface area contributed by atoms with Crippen LogP contribution in [0.25, 0.3) is 0 Å². The third kappa shape index (κ3) is 4.20. The summed E-state index contributed by atoms with van der Waals surface area (Å²) in [6.45, 7) is 3.27. The molecular formula is C12H20N2OS. The molecule has 90 valence electrons. The minimum absolute atomic E-state index is 0.704. The van der Waals surface area contributed by atoms with Crippen molar-refractivity contribution in [3.05, 3.63) is 24.2 Å². The maximum absolute atomic E-state index is 5.27. The highest BCUT2D eigenvalue weighted by molar-refractivity contribution is 7.99. The molecule has 2 rings (SSSR count). The summed E-state index contributed by atoms with van der Waals surface area (Å²) in [4.78, 5) is 0. The van der Waals surface area contributed by atoms with Gasteiger partial charge in [-0.05, 0) is 25.1 Å². The van der Waals surface area contributed by atoms with Gasteiger partial charge in [0, 0.05) is 37.1 Å². The van der Waals surface area contributed by atoms with Crippen molar-refractivity contribution < 1.29 is 4.42 Å². The van der Waals surface area contributed by atoms with Gasteiger partial charge in [0.15, 0.2) is 0 Å². The van der Waals surface area contributed by atoms with Crippen molar-refractivity contribution in [1.29, 1.82) is 0 Å². The Morgan fingerprint density at radius 1 is 1.50 bits per heavy atom. The monoisotopic (exact) mass is 240 g/mol. The van der Waals surface area contributed by atoms with Crippen LogP contribution in [0.3, 0.4) is 0 Å². The van der Waals surface area contributed by atoms with Gasteiger partial charge in [-0.3, -0.25) is 0 Å². The molecule has 1 fully saturated rings. The van der Waals surface area contributed by atoms with Crippen LogP contribution in [-0.4, -0.2) is 37.2 Å². The molecule has 1 aromatic heterocycles. The van der Waals surface area contributed by atoms with E-state index < -0.39 is 0 Å². The molecule has 0 amide bonds. The van der Waals surface area contributed by atoms with Crippen molar-refractivity contribution in [2.75, 3.05) is 31.1 Å². The van der Waals surface area contributed by atoms with Crippen LogP contribution >= 0.6 is 11.8 Å². The highest BCUT2D eigenvalue weighted by atomic mass is 32.2. The Labute approximate surface area is 101 Å². The van der Waals surface area contributed by atoms with Crippen molar-refractivity contribution in [2.24, 2.45) is 0 Å². The van der Waals surface area contributed by atoms with E-state index in [4.69, 9.17) is 4.42 Å². The molecule has 0 aromatic carbocycles. The lowest BCUT2D eigenvalue weighted by molar-refractivity contribution is 0.480. The fraction of sp³-hybridized carbons (Fsp3) is 0.667. The predicted octanol–water partition coefficient (Wildman–Crippen LogP) is 1.51. The molecule has 0 bridgehead atoms. The largest absolute Gasteiger partial charge is 0.469 e. The zero-order chi connectivity index (χ0) is 11.1. The Morgan fingerprint density at radius 3 is 3.25 bits per heavy atom. The summed E-state index contributed by atoms with van der Waals surface area (Å²) >= 11 is 2.06. The average Bonchev–Trinajstić information content (AvgIpc) is 2.83. The second kappa shape index (κ2) is 6.99. The number of rotatable bonds is 6. The minimum atomic E-state index is 0.704. The lowest BCUT2D eigenvalue weighted by atomic mass is 10.2. The van der Waals surface area contributed by atoms with Crippen LogP contribution in [0.4, 0.5) is 0 Å². The van der Waals surface area contributed by atoms with Crippen LogP contribution < -0.4 is 10.6 Å². The molecule has 16 heavy (non-hydrogen) atoms. The van der Waals surface area contributed by atoms with E-state index in [-0.39, 0.29) is 0 Å². The molecular weight excluding hydrogens is 220 g/mol. The molecule has 1 aromatic rings. The number of hydrogen-bond acceptors (Lipinski definition) is 4. The molecule has 1 saturated heterocycles. The Balaban J connectivity index is 1.48. The quantitative estimate of drug-likeness (QED) is 0.739. The second-order valence-electron chi connectivity index (χ2n) is 4.09. The molecule has 2 N–H and O–H groups in total. The fourth-order valence-electron chi connectivity index (χ4n) is 1.87. The molecule has 3 nitrogen and oxygen atoms in total. The first-order valence-corrected chi connectivity index (χ1v) is 7.15. The number of nitrogens with one attached hydrogen (secondary N) is 2. The van der Waals surface area contributed by atoms with Crippen LogP contribution in [-0.2, 0) is 6.42 Å². The zero-order valence-electron chi connectivity index (χ0n) is 9.58. The molecule has 1 aliphatic rings. The Hall–Kier alpha value is -0.450. The van der Waals surface area contributed by atoms with Crippen molar-refractivity contribution >= 4 is 11.8 Å². The molecule has 0 spiro atoms. The Kier molecular flexibility index (Phi) is 5.25. The summed E-state index contributed by atoms with van der Waals surface area (Å²) in [6.07, 6.45) is 3.95. The van der Waals surface area contributed by atoms with Gasteiger partial charge in [0.25, 0.3) is 0 Å². The van der Waals surface area contributed by atoms with Crippen LogP contribution in [0.1, 0.15) is 12.2 Å². The van der Waals surface area contributed by atoms with Crippen LogP contribution in [0.15, 0.2) is 22.8 Å². The first-order valence-electron chi connectivity index (χ1n) is 5.99. The smallest absolute Gasteiger partial charge is 0.105 e. The highest BCUT2D eigenvalue weighted by Gasteiger charge is 2.11. The molecule has 1 atom stereocenters. The first-order chi connectivity index (χ1) is 7.95. The second-order valence-corrected chi connectivity index (χ2v) is 5.24. The van der Waals surface area contributed by atoms with Gasteiger partial charge < -0.3 is 15.1 Å². The first kappa shape index (κ1) is 12.0. The maximum Gasteiger partial charge on any atom is 0.105 e. The summed E-state index contributed by atoms with van der Waals surface area (Å²) in [7, 11) is 0. The van der Waals surface area contributed by atoms with Gasteiger partial charge in [-0.2, -0.15) is 11.8 Å². The molecule has 0 aliphatic carbocycles. The molecule has 1 unspecified atom stereocenters. The van der Waals surface area contributed by atoms with Crippen molar-refractivity contribution in [3.8, 4) is 0 Å². The predicted molar refractivity (Wildman–Crippen MR) is 69.0 cm³/mol. The van der Waals surface area contributed by atoms with Gasteiger partial charge in [-0.25, -0.2) is 0 Å². The molecule has 2 heterocycles. The Morgan fingerprint density at radius 2 is 2.50 bits per heavy atom. The van der Waals surface area contributed by atoms with E-state index in [0.29, 0.717) is 6.04 Å². The van der Waals surface area contributed by atoms with Crippen LogP contribution in [0.2, 0.25) is 0 Å². The zero-order valence-corrected chi connectivity index (χ0v) is 10.4. The minimum Gasteiger partial charge on any atom is -0.469 e. The number of furan rings is 1. The highest BCUT2D eigenvalue weighted by Crippen LogP contribution is 2.09. The van der Waals surface area contributed by atoms with E-state index in [1.807, 2.05) is 12.1 Å². The van der Waals surface area contributed by atoms with Crippen LogP contribution in [0.5, 0.6) is 0 Å². The lowest BCUT2D eigenvalue weighted by Crippen LogP contribution is -2.39. The van der Waals surface area contributed by atoms with Gasteiger partial charge in [-0.1, -0.05) is 0 Å². The van der Waals surface area contributed by atoms with Crippen molar-refractivity contribution in [1.82, 2.24) is 10.6 Å². The van der Waals surface area contributed by atoms with E-state index in [9.17, 15) is 0 Å². The summed E-state index contributed by atoms with van der Waals surface area (Å²) in [5.41, 5.74) is 0. The van der Waals surface area contributed by atoms with E-state index in [1.54, 1.807) is 6.26 Å². The van der Waals surface area contributed by atoms with Crippen molar-refractivity contribution in [2.45, 2.75) is 18.9 Å². The average molecular weight is 240 g/mol. The summed E-state index contributed by atoms with van der Waals surface area (Å²) in [5, 5.41) is 7.01. The summed E-state index contributed by atoms with van der Waals surface area (Å²) < 4.78 is 5.27. The van der Waals surface area contributed by atoms with E-state index in [2.05, 4.69) is 22.4 Å². The molecule has 0 saturated carbocycles. The molecule has 4 heteroatoms.